The number of carbonyl (C=O) groups is 3. The summed E-state index contributed by atoms with van der Waals surface area (Å²) in [6, 6.07) is -0.939. The molecule has 6 nitrogen and oxygen atoms in total. The highest BCUT2D eigenvalue weighted by atomic mass is 32.1. The first kappa shape index (κ1) is 18.2. The molecular weight excluding hydrogens is 304 g/mol. The number of carboxylic acid groups (broad SMARTS) is 1. The number of amides is 2. The maximum Gasteiger partial charge on any atom is 0.326 e. The second-order valence-corrected chi connectivity index (χ2v) is 6.28. The summed E-state index contributed by atoms with van der Waals surface area (Å²) in [5.41, 5.74) is 1.11. The van der Waals surface area contributed by atoms with Crippen molar-refractivity contribution in [3.05, 3.63) is 16.0 Å². The van der Waals surface area contributed by atoms with Gasteiger partial charge in [-0.25, -0.2) is 4.79 Å². The first-order valence-corrected chi connectivity index (χ1v) is 8.06. The minimum atomic E-state index is -1.07. The maximum atomic E-state index is 12.4. The first-order chi connectivity index (χ1) is 10.3. The fraction of sp³-hybridized carbons (Fsp3) is 0.533. The van der Waals surface area contributed by atoms with Crippen LogP contribution in [0.5, 0.6) is 0 Å². The van der Waals surface area contributed by atoms with Gasteiger partial charge in [0.2, 0.25) is 5.91 Å². The number of carboxylic acids is 1. The Kier molecular flexibility index (Phi) is 6.55. The fourth-order valence-electron chi connectivity index (χ4n) is 1.97. The third kappa shape index (κ3) is 4.30. The minimum Gasteiger partial charge on any atom is -0.480 e. The van der Waals surface area contributed by atoms with Crippen molar-refractivity contribution in [2.45, 2.75) is 53.0 Å². The smallest absolute Gasteiger partial charge is 0.326 e. The summed E-state index contributed by atoms with van der Waals surface area (Å²) in [6.45, 7) is 7.24. The van der Waals surface area contributed by atoms with Gasteiger partial charge in [-0.15, -0.1) is 11.3 Å². The van der Waals surface area contributed by atoms with E-state index in [2.05, 4.69) is 10.6 Å². The summed E-state index contributed by atoms with van der Waals surface area (Å²) in [5.74, 6) is -1.69. The molecule has 0 aliphatic heterocycles. The Labute approximate surface area is 133 Å². The largest absolute Gasteiger partial charge is 0.480 e. The summed E-state index contributed by atoms with van der Waals surface area (Å²) < 4.78 is 0. The number of aryl methyl sites for hydroxylation is 1. The van der Waals surface area contributed by atoms with Crippen LogP contribution in [0, 0.1) is 13.8 Å². The summed E-state index contributed by atoms with van der Waals surface area (Å²) in [4.78, 5) is 36.1. The molecule has 0 saturated carbocycles. The molecule has 2 amide bonds. The molecule has 7 heteroatoms. The van der Waals surface area contributed by atoms with Crippen LogP contribution in [0.1, 0.15) is 53.9 Å². The Morgan fingerprint density at radius 2 is 1.86 bits per heavy atom. The number of hydrogen-bond donors (Lipinski definition) is 3. The SMILES string of the molecule is CCCC(=O)Nc1sc(C)c(C)c1C(=O)NC(CC)C(=O)O. The van der Waals surface area contributed by atoms with Crippen molar-refractivity contribution in [3.8, 4) is 0 Å². The van der Waals surface area contributed by atoms with E-state index in [1.165, 1.54) is 11.3 Å². The van der Waals surface area contributed by atoms with Gasteiger partial charge in [-0.05, 0) is 32.3 Å². The third-order valence-electron chi connectivity index (χ3n) is 3.35. The fourth-order valence-corrected chi connectivity index (χ4v) is 3.05. The second-order valence-electron chi connectivity index (χ2n) is 5.06. The molecule has 1 aromatic rings. The zero-order chi connectivity index (χ0) is 16.9. The Morgan fingerprint density at radius 3 is 2.36 bits per heavy atom. The van der Waals surface area contributed by atoms with Crippen molar-refractivity contribution in [1.29, 1.82) is 0 Å². The molecule has 1 rings (SSSR count). The zero-order valence-corrected chi connectivity index (χ0v) is 14.1. The normalized spacial score (nSPS) is 11.8. The Bertz CT molecular complexity index is 580. The van der Waals surface area contributed by atoms with Crippen LogP contribution < -0.4 is 10.6 Å². The number of nitrogens with one attached hydrogen (secondary N) is 2. The number of aliphatic carboxylic acids is 1. The highest BCUT2D eigenvalue weighted by Gasteiger charge is 2.24. The predicted molar refractivity (Wildman–Crippen MR) is 86.5 cm³/mol. The second kappa shape index (κ2) is 7.93. The molecule has 0 radical (unpaired) electrons. The predicted octanol–water partition coefficient (Wildman–Crippen LogP) is 2.70. The van der Waals surface area contributed by atoms with Crippen molar-refractivity contribution in [2.75, 3.05) is 5.32 Å². The number of hydrogen-bond acceptors (Lipinski definition) is 4. The summed E-state index contributed by atoms with van der Waals surface area (Å²) in [7, 11) is 0. The summed E-state index contributed by atoms with van der Waals surface area (Å²) in [5, 5.41) is 14.8. The van der Waals surface area contributed by atoms with Crippen molar-refractivity contribution < 1.29 is 19.5 Å². The number of anilines is 1. The van der Waals surface area contributed by atoms with Gasteiger partial charge in [-0.1, -0.05) is 13.8 Å². The van der Waals surface area contributed by atoms with Gasteiger partial charge in [0.05, 0.1) is 5.56 Å². The lowest BCUT2D eigenvalue weighted by molar-refractivity contribution is -0.139. The van der Waals surface area contributed by atoms with E-state index in [0.717, 1.165) is 10.4 Å². The molecule has 0 aromatic carbocycles. The Hall–Kier alpha value is -1.89. The van der Waals surface area contributed by atoms with Crippen molar-refractivity contribution >= 4 is 34.1 Å². The molecule has 0 spiro atoms. The van der Waals surface area contributed by atoms with Crippen molar-refractivity contribution in [3.63, 3.8) is 0 Å². The van der Waals surface area contributed by atoms with Crippen LogP contribution in [0.25, 0.3) is 0 Å². The van der Waals surface area contributed by atoms with Crippen LogP contribution in [0.3, 0.4) is 0 Å². The van der Waals surface area contributed by atoms with Crippen LogP contribution in [0.2, 0.25) is 0 Å². The molecule has 122 valence electrons. The van der Waals surface area contributed by atoms with Gasteiger partial charge in [-0.2, -0.15) is 0 Å². The molecule has 0 aliphatic carbocycles. The number of carbonyl (C=O) groups excluding carboxylic acids is 2. The molecule has 0 saturated heterocycles. The quantitative estimate of drug-likeness (QED) is 0.718. The standard InChI is InChI=1S/C15H22N2O4S/c1-5-7-11(18)17-14-12(8(3)9(4)22-14)13(19)16-10(6-2)15(20)21/h10H,5-7H2,1-4H3,(H,16,19)(H,17,18)(H,20,21). The van der Waals surface area contributed by atoms with Gasteiger partial charge < -0.3 is 15.7 Å². The molecule has 1 heterocycles. The molecule has 22 heavy (non-hydrogen) atoms. The van der Waals surface area contributed by atoms with Gasteiger partial charge in [-0.3, -0.25) is 9.59 Å². The van der Waals surface area contributed by atoms with Crippen LogP contribution >= 0.6 is 11.3 Å². The molecule has 0 aliphatic rings. The first-order valence-electron chi connectivity index (χ1n) is 7.25. The van der Waals surface area contributed by atoms with Gasteiger partial charge in [0, 0.05) is 11.3 Å². The molecular formula is C15H22N2O4S. The van der Waals surface area contributed by atoms with Gasteiger partial charge in [0.1, 0.15) is 11.0 Å². The van der Waals surface area contributed by atoms with E-state index in [-0.39, 0.29) is 5.91 Å². The van der Waals surface area contributed by atoms with Gasteiger partial charge in [0.25, 0.3) is 5.91 Å². The molecule has 3 N–H and O–H groups in total. The van der Waals surface area contributed by atoms with Crippen molar-refractivity contribution in [1.82, 2.24) is 5.32 Å². The average Bonchev–Trinajstić information content (AvgIpc) is 2.70. The van der Waals surface area contributed by atoms with E-state index in [4.69, 9.17) is 5.11 Å². The molecule has 1 atom stereocenters. The van der Waals surface area contributed by atoms with Crippen LogP contribution in [-0.2, 0) is 9.59 Å². The van der Waals surface area contributed by atoms with Crippen LogP contribution in [-0.4, -0.2) is 28.9 Å². The van der Waals surface area contributed by atoms with Gasteiger partial charge in [0.15, 0.2) is 0 Å². The molecule has 1 unspecified atom stereocenters. The lowest BCUT2D eigenvalue weighted by Gasteiger charge is -2.13. The number of thiophene rings is 1. The average molecular weight is 326 g/mol. The highest BCUT2D eigenvalue weighted by Crippen LogP contribution is 2.32. The van der Waals surface area contributed by atoms with E-state index in [9.17, 15) is 14.4 Å². The van der Waals surface area contributed by atoms with E-state index in [1.54, 1.807) is 13.8 Å². The van der Waals surface area contributed by atoms with Crippen molar-refractivity contribution in [2.24, 2.45) is 0 Å². The number of rotatable bonds is 7. The van der Waals surface area contributed by atoms with E-state index in [0.29, 0.717) is 29.8 Å². The van der Waals surface area contributed by atoms with Crippen LogP contribution in [0.4, 0.5) is 5.00 Å². The molecule has 1 aromatic heterocycles. The lowest BCUT2D eigenvalue weighted by atomic mass is 10.1. The lowest BCUT2D eigenvalue weighted by Crippen LogP contribution is -2.40. The Morgan fingerprint density at radius 1 is 1.23 bits per heavy atom. The van der Waals surface area contributed by atoms with Crippen LogP contribution in [0.15, 0.2) is 0 Å². The van der Waals surface area contributed by atoms with E-state index < -0.39 is 17.9 Å². The molecule has 0 bridgehead atoms. The third-order valence-corrected chi connectivity index (χ3v) is 4.48. The van der Waals surface area contributed by atoms with Gasteiger partial charge >= 0.3 is 5.97 Å². The highest BCUT2D eigenvalue weighted by molar-refractivity contribution is 7.16. The summed E-state index contributed by atoms with van der Waals surface area (Å²) >= 11 is 1.33. The van der Waals surface area contributed by atoms with E-state index >= 15 is 0 Å². The zero-order valence-electron chi connectivity index (χ0n) is 13.3. The molecule has 0 fully saturated rings. The maximum absolute atomic E-state index is 12.4. The monoisotopic (exact) mass is 326 g/mol. The summed E-state index contributed by atoms with van der Waals surface area (Å²) in [6.07, 6.45) is 1.39. The minimum absolute atomic E-state index is 0.150. The van der Waals surface area contributed by atoms with E-state index in [1.807, 2.05) is 13.8 Å². The Balaban J connectivity index is 3.04. The topological polar surface area (TPSA) is 95.5 Å².